The molecule has 0 unspecified atom stereocenters. The molecule has 2 fully saturated rings. The van der Waals surface area contributed by atoms with E-state index in [1.807, 2.05) is 24.0 Å². The van der Waals surface area contributed by atoms with Gasteiger partial charge in [-0.05, 0) is 26.1 Å². The third-order valence-corrected chi connectivity index (χ3v) is 7.76. The lowest BCUT2D eigenvalue weighted by atomic mass is 10.2. The van der Waals surface area contributed by atoms with Gasteiger partial charge in [-0.1, -0.05) is 12.1 Å². The van der Waals surface area contributed by atoms with Crippen molar-refractivity contribution in [2.75, 3.05) is 69.2 Å². The van der Waals surface area contributed by atoms with E-state index < -0.39 is 10.0 Å². The van der Waals surface area contributed by atoms with Crippen LogP contribution in [0.5, 0.6) is 0 Å². The van der Waals surface area contributed by atoms with Crippen LogP contribution in [0.15, 0.2) is 35.2 Å². The van der Waals surface area contributed by atoms with Gasteiger partial charge in [0, 0.05) is 64.1 Å². The van der Waals surface area contributed by atoms with E-state index in [1.165, 1.54) is 16.4 Å². The molecule has 10 heteroatoms. The minimum absolute atomic E-state index is 0.0649. The molecule has 2 aromatic rings. The number of piperazine rings is 2. The van der Waals surface area contributed by atoms with Crippen LogP contribution in [0.1, 0.15) is 11.3 Å². The van der Waals surface area contributed by atoms with Gasteiger partial charge in [-0.25, -0.2) is 13.4 Å². The summed E-state index contributed by atoms with van der Waals surface area (Å²) in [4.78, 5) is 16.1. The van der Waals surface area contributed by atoms with Gasteiger partial charge in [0.2, 0.25) is 16.0 Å². The Kier molecular flexibility index (Phi) is 6.09. The first-order valence-electron chi connectivity index (χ1n) is 10.4. The van der Waals surface area contributed by atoms with Crippen molar-refractivity contribution in [1.29, 1.82) is 5.26 Å². The Morgan fingerprint density at radius 1 is 0.935 bits per heavy atom. The van der Waals surface area contributed by atoms with Crippen LogP contribution >= 0.6 is 0 Å². The molecule has 1 aromatic heterocycles. The Morgan fingerprint density at radius 2 is 1.58 bits per heavy atom. The van der Waals surface area contributed by atoms with Crippen LogP contribution in [0.3, 0.4) is 0 Å². The maximum absolute atomic E-state index is 13.1. The molecule has 0 radical (unpaired) electrons. The normalized spacial score (nSPS) is 18.7. The summed E-state index contributed by atoms with van der Waals surface area (Å²) in [7, 11) is -1.60. The molecule has 4 rings (SSSR count). The Balaban J connectivity index is 1.48. The zero-order valence-corrected chi connectivity index (χ0v) is 18.7. The largest absolute Gasteiger partial charge is 0.354 e. The number of benzene rings is 1. The number of anilines is 2. The fourth-order valence-corrected chi connectivity index (χ4v) is 5.49. The van der Waals surface area contributed by atoms with Crippen molar-refractivity contribution in [1.82, 2.24) is 19.2 Å². The maximum atomic E-state index is 13.1. The molecular formula is C21H27N7O2S. The van der Waals surface area contributed by atoms with Gasteiger partial charge in [-0.15, -0.1) is 0 Å². The van der Waals surface area contributed by atoms with Crippen LogP contribution < -0.4 is 9.80 Å². The maximum Gasteiger partial charge on any atom is 0.244 e. The van der Waals surface area contributed by atoms with Crippen LogP contribution in [-0.2, 0) is 10.0 Å². The molecule has 2 aliphatic heterocycles. The Bertz CT molecular complexity index is 1080. The predicted molar refractivity (Wildman–Crippen MR) is 119 cm³/mol. The minimum Gasteiger partial charge on any atom is -0.354 e. The predicted octanol–water partition coefficient (Wildman–Crippen LogP) is 0.919. The summed E-state index contributed by atoms with van der Waals surface area (Å²) in [6.45, 7) is 7.46. The van der Waals surface area contributed by atoms with E-state index in [1.54, 1.807) is 12.1 Å². The summed E-state index contributed by atoms with van der Waals surface area (Å²) in [5.41, 5.74) is 1.07. The van der Waals surface area contributed by atoms with Crippen molar-refractivity contribution in [2.45, 2.75) is 11.8 Å². The number of nitrogens with zero attached hydrogens (tertiary/aromatic N) is 7. The number of likely N-dealkylation sites (N-methyl/N-ethyl adjacent to an activating group) is 1. The number of sulfonamides is 1. The van der Waals surface area contributed by atoms with Gasteiger partial charge in [0.05, 0.1) is 10.5 Å². The SMILES string of the molecule is Cc1cc(N2CCN(C)CC2)nc(N2CCN(S(=O)(=O)c3ccccc3C#N)CC2)n1. The second-order valence-corrected chi connectivity index (χ2v) is 9.86. The first-order valence-corrected chi connectivity index (χ1v) is 11.9. The number of aromatic nitrogens is 2. The molecule has 0 amide bonds. The fourth-order valence-electron chi connectivity index (χ4n) is 3.93. The monoisotopic (exact) mass is 441 g/mol. The van der Waals surface area contributed by atoms with Gasteiger partial charge in [-0.3, -0.25) is 0 Å². The lowest BCUT2D eigenvalue weighted by Gasteiger charge is -2.36. The number of aryl methyl sites for hydroxylation is 1. The number of rotatable bonds is 4. The second-order valence-electron chi connectivity index (χ2n) is 7.96. The summed E-state index contributed by atoms with van der Waals surface area (Å²) in [5, 5.41) is 9.28. The highest BCUT2D eigenvalue weighted by molar-refractivity contribution is 7.89. The second kappa shape index (κ2) is 8.78. The van der Waals surface area contributed by atoms with E-state index in [-0.39, 0.29) is 10.5 Å². The molecule has 0 saturated carbocycles. The van der Waals surface area contributed by atoms with E-state index >= 15 is 0 Å². The van der Waals surface area contributed by atoms with E-state index in [0.29, 0.717) is 32.1 Å². The minimum atomic E-state index is -3.72. The highest BCUT2D eigenvalue weighted by atomic mass is 32.2. The summed E-state index contributed by atoms with van der Waals surface area (Å²) in [6.07, 6.45) is 0. The zero-order chi connectivity index (χ0) is 22.0. The lowest BCUT2D eigenvalue weighted by molar-refractivity contribution is 0.312. The van der Waals surface area contributed by atoms with Gasteiger partial charge in [0.25, 0.3) is 0 Å². The van der Waals surface area contributed by atoms with Gasteiger partial charge in [-0.2, -0.15) is 14.6 Å². The topological polar surface area (TPSA) is 96.7 Å². The van der Waals surface area contributed by atoms with Crippen LogP contribution in [0.4, 0.5) is 11.8 Å². The fraction of sp³-hybridized carbons (Fsp3) is 0.476. The Morgan fingerprint density at radius 3 is 2.26 bits per heavy atom. The lowest BCUT2D eigenvalue weighted by Crippen LogP contribution is -2.49. The van der Waals surface area contributed by atoms with Crippen molar-refractivity contribution < 1.29 is 8.42 Å². The van der Waals surface area contributed by atoms with Crippen LogP contribution in [0, 0.1) is 18.3 Å². The molecule has 0 atom stereocenters. The third-order valence-electron chi connectivity index (χ3n) is 5.80. The molecule has 0 bridgehead atoms. The molecule has 2 saturated heterocycles. The number of hydrogen-bond acceptors (Lipinski definition) is 8. The van der Waals surface area contributed by atoms with E-state index in [0.717, 1.165) is 37.7 Å². The zero-order valence-electron chi connectivity index (χ0n) is 17.9. The van der Waals surface area contributed by atoms with Crippen molar-refractivity contribution in [3.8, 4) is 6.07 Å². The van der Waals surface area contributed by atoms with Crippen molar-refractivity contribution >= 4 is 21.8 Å². The van der Waals surface area contributed by atoms with Crippen LogP contribution in [0.2, 0.25) is 0 Å². The molecular weight excluding hydrogens is 414 g/mol. The molecule has 0 spiro atoms. The molecule has 1 aromatic carbocycles. The molecule has 2 aliphatic rings. The summed E-state index contributed by atoms with van der Waals surface area (Å²) in [6, 6.07) is 10.3. The number of hydrogen-bond donors (Lipinski definition) is 0. The highest BCUT2D eigenvalue weighted by Crippen LogP contribution is 2.24. The summed E-state index contributed by atoms with van der Waals surface area (Å²) in [5.74, 6) is 1.57. The number of nitriles is 1. The first kappa shape index (κ1) is 21.5. The van der Waals surface area contributed by atoms with Gasteiger partial charge < -0.3 is 14.7 Å². The smallest absolute Gasteiger partial charge is 0.244 e. The molecule has 0 aliphatic carbocycles. The standard InChI is InChI=1S/C21H27N7O2S/c1-17-15-20(26-9-7-25(2)8-10-26)24-21(23-17)27-11-13-28(14-12-27)31(29,30)19-6-4-3-5-18(19)16-22/h3-6,15H,7-14H2,1-2H3. The van der Waals surface area contributed by atoms with E-state index in [4.69, 9.17) is 4.98 Å². The van der Waals surface area contributed by atoms with Crippen molar-refractivity contribution in [3.63, 3.8) is 0 Å². The Hall–Kier alpha value is -2.74. The third kappa shape index (κ3) is 4.49. The van der Waals surface area contributed by atoms with E-state index in [2.05, 4.69) is 21.8 Å². The first-order chi connectivity index (χ1) is 14.9. The highest BCUT2D eigenvalue weighted by Gasteiger charge is 2.31. The average Bonchev–Trinajstić information content (AvgIpc) is 2.79. The molecule has 9 nitrogen and oxygen atoms in total. The van der Waals surface area contributed by atoms with E-state index in [9.17, 15) is 13.7 Å². The van der Waals surface area contributed by atoms with Gasteiger partial charge in [0.1, 0.15) is 11.9 Å². The van der Waals surface area contributed by atoms with Crippen molar-refractivity contribution in [2.24, 2.45) is 0 Å². The molecule has 3 heterocycles. The van der Waals surface area contributed by atoms with Gasteiger partial charge in [0.15, 0.2) is 0 Å². The van der Waals surface area contributed by atoms with Crippen LogP contribution in [-0.4, -0.2) is 87.0 Å². The Labute approximate surface area is 183 Å². The summed E-state index contributed by atoms with van der Waals surface area (Å²) >= 11 is 0. The summed E-state index contributed by atoms with van der Waals surface area (Å²) < 4.78 is 27.6. The average molecular weight is 442 g/mol. The molecule has 0 N–H and O–H groups in total. The van der Waals surface area contributed by atoms with Crippen LogP contribution in [0.25, 0.3) is 0 Å². The quantitative estimate of drug-likeness (QED) is 0.691. The molecule has 164 valence electrons. The van der Waals surface area contributed by atoms with Gasteiger partial charge >= 0.3 is 0 Å². The van der Waals surface area contributed by atoms with Crippen molar-refractivity contribution in [3.05, 3.63) is 41.6 Å². The molecule has 31 heavy (non-hydrogen) atoms.